The zero-order valence-corrected chi connectivity index (χ0v) is 14.7. The van der Waals surface area contributed by atoms with Crippen LogP contribution in [0, 0.1) is 0 Å². The highest BCUT2D eigenvalue weighted by Crippen LogP contribution is 2.14. The molecular weight excluding hydrogens is 340 g/mol. The Kier molecular flexibility index (Phi) is 4.82. The number of fused-ring (bicyclic) bond motifs is 1. The van der Waals surface area contributed by atoms with Gasteiger partial charge in [0.25, 0.3) is 0 Å². The van der Waals surface area contributed by atoms with Crippen molar-refractivity contribution in [3.05, 3.63) is 84.1 Å². The third kappa shape index (κ3) is 4.33. The van der Waals surface area contributed by atoms with E-state index < -0.39 is 0 Å². The van der Waals surface area contributed by atoms with Crippen LogP contribution in [-0.2, 0) is 19.6 Å². The van der Waals surface area contributed by atoms with Crippen LogP contribution < -0.4 is 10.6 Å². The number of hydrogen-bond donors (Lipinski definition) is 3. The van der Waals surface area contributed by atoms with Crippen molar-refractivity contribution in [3.63, 3.8) is 0 Å². The van der Waals surface area contributed by atoms with Gasteiger partial charge in [-0.05, 0) is 28.6 Å². The maximum atomic E-state index is 12.1. The van der Waals surface area contributed by atoms with Crippen molar-refractivity contribution in [3.8, 4) is 0 Å². The van der Waals surface area contributed by atoms with E-state index in [9.17, 15) is 4.79 Å². The lowest BCUT2D eigenvalue weighted by atomic mass is 10.1. The quantitative estimate of drug-likeness (QED) is 0.494. The predicted octanol–water partition coefficient (Wildman–Crippen LogP) is 2.81. The van der Waals surface area contributed by atoms with Crippen LogP contribution in [0.25, 0.3) is 10.9 Å². The molecule has 0 aliphatic rings. The molecule has 136 valence electrons. The molecule has 27 heavy (non-hydrogen) atoms. The fourth-order valence-corrected chi connectivity index (χ4v) is 2.99. The first-order valence-electron chi connectivity index (χ1n) is 8.75. The number of benzene rings is 2. The Morgan fingerprint density at radius 2 is 1.85 bits per heavy atom. The molecule has 0 radical (unpaired) electrons. The molecular formula is C20H20N6O. The summed E-state index contributed by atoms with van der Waals surface area (Å²) in [5, 5.41) is 11.0. The van der Waals surface area contributed by atoms with Crippen LogP contribution in [0.3, 0.4) is 0 Å². The van der Waals surface area contributed by atoms with Crippen LogP contribution in [0.5, 0.6) is 0 Å². The molecule has 7 nitrogen and oxygen atoms in total. The summed E-state index contributed by atoms with van der Waals surface area (Å²) in [5.74, 6) is 0. The number of aromatic nitrogens is 4. The number of para-hydroxylation sites is 1. The van der Waals surface area contributed by atoms with E-state index in [0.29, 0.717) is 19.6 Å². The van der Waals surface area contributed by atoms with Gasteiger partial charge in [-0.25, -0.2) is 14.5 Å². The summed E-state index contributed by atoms with van der Waals surface area (Å²) in [5.41, 5.74) is 4.19. The van der Waals surface area contributed by atoms with Gasteiger partial charge in [0.2, 0.25) is 0 Å². The number of H-pyrrole nitrogens is 1. The summed E-state index contributed by atoms with van der Waals surface area (Å²) in [6.07, 6.45) is 3.20. The molecule has 0 unspecified atom stereocenters. The largest absolute Gasteiger partial charge is 0.357 e. The Bertz CT molecular complexity index is 1000. The van der Waals surface area contributed by atoms with Crippen molar-refractivity contribution in [2.75, 3.05) is 0 Å². The molecule has 0 spiro atoms. The molecule has 0 atom stereocenters. The van der Waals surface area contributed by atoms with Gasteiger partial charge in [-0.2, -0.15) is 5.10 Å². The van der Waals surface area contributed by atoms with E-state index in [1.807, 2.05) is 48.5 Å². The number of amides is 2. The molecule has 2 amide bonds. The van der Waals surface area contributed by atoms with Crippen LogP contribution in [0.4, 0.5) is 4.79 Å². The first-order valence-corrected chi connectivity index (χ1v) is 8.75. The third-order valence-corrected chi connectivity index (χ3v) is 4.28. The normalized spacial score (nSPS) is 10.8. The van der Waals surface area contributed by atoms with E-state index in [0.717, 1.165) is 27.7 Å². The number of urea groups is 1. The van der Waals surface area contributed by atoms with Gasteiger partial charge in [0.05, 0.1) is 13.1 Å². The van der Waals surface area contributed by atoms with Crippen molar-refractivity contribution in [2.24, 2.45) is 0 Å². The van der Waals surface area contributed by atoms with Gasteiger partial charge >= 0.3 is 6.03 Å². The van der Waals surface area contributed by atoms with E-state index in [2.05, 4.69) is 31.8 Å². The Balaban J connectivity index is 1.28. The molecule has 0 aliphatic heterocycles. The van der Waals surface area contributed by atoms with Gasteiger partial charge in [0.15, 0.2) is 0 Å². The van der Waals surface area contributed by atoms with Crippen LogP contribution >= 0.6 is 0 Å². The van der Waals surface area contributed by atoms with E-state index in [4.69, 9.17) is 0 Å². The molecule has 2 aromatic heterocycles. The van der Waals surface area contributed by atoms with Gasteiger partial charge in [0, 0.05) is 17.8 Å². The Morgan fingerprint density at radius 1 is 1.00 bits per heavy atom. The standard InChI is InChI=1S/C20H20N6O/c27-20(23-11-18-9-17-6-1-2-7-19(17)25-18)22-10-15-4-3-5-16(8-15)12-26-14-21-13-24-26/h1-9,13-14,25H,10-12H2,(H2,22,23,27). The molecule has 4 aromatic rings. The second-order valence-corrected chi connectivity index (χ2v) is 6.33. The minimum Gasteiger partial charge on any atom is -0.357 e. The molecule has 2 heterocycles. The molecule has 3 N–H and O–H groups in total. The van der Waals surface area contributed by atoms with Crippen molar-refractivity contribution >= 4 is 16.9 Å². The highest BCUT2D eigenvalue weighted by atomic mass is 16.2. The maximum absolute atomic E-state index is 12.1. The highest BCUT2D eigenvalue weighted by Gasteiger charge is 2.04. The molecule has 0 saturated heterocycles. The van der Waals surface area contributed by atoms with Crippen LogP contribution in [0.1, 0.15) is 16.8 Å². The average molecular weight is 360 g/mol. The number of hydrogen-bond acceptors (Lipinski definition) is 3. The fraction of sp³-hybridized carbons (Fsp3) is 0.150. The summed E-state index contributed by atoms with van der Waals surface area (Å²) in [6.45, 7) is 1.57. The van der Waals surface area contributed by atoms with Gasteiger partial charge in [-0.1, -0.05) is 42.5 Å². The number of nitrogens with zero attached hydrogens (tertiary/aromatic N) is 3. The number of nitrogens with one attached hydrogen (secondary N) is 3. The van der Waals surface area contributed by atoms with Crippen molar-refractivity contribution in [1.29, 1.82) is 0 Å². The molecule has 0 aliphatic carbocycles. The number of carbonyl (C=O) groups is 1. The topological polar surface area (TPSA) is 87.6 Å². The molecule has 7 heteroatoms. The first-order chi connectivity index (χ1) is 13.3. The van der Waals surface area contributed by atoms with Crippen molar-refractivity contribution in [1.82, 2.24) is 30.4 Å². The summed E-state index contributed by atoms with van der Waals surface area (Å²) in [7, 11) is 0. The molecule has 0 saturated carbocycles. The summed E-state index contributed by atoms with van der Waals surface area (Å²) in [6, 6.07) is 17.9. The summed E-state index contributed by atoms with van der Waals surface area (Å²) >= 11 is 0. The van der Waals surface area contributed by atoms with Gasteiger partial charge < -0.3 is 15.6 Å². The van der Waals surface area contributed by atoms with Gasteiger partial charge in [-0.3, -0.25) is 0 Å². The van der Waals surface area contributed by atoms with E-state index in [1.165, 1.54) is 6.33 Å². The first kappa shape index (κ1) is 16.8. The molecule has 0 bridgehead atoms. The van der Waals surface area contributed by atoms with E-state index in [1.54, 1.807) is 11.0 Å². The molecule has 0 fully saturated rings. The third-order valence-electron chi connectivity index (χ3n) is 4.28. The van der Waals surface area contributed by atoms with Crippen LogP contribution in [0.2, 0.25) is 0 Å². The lowest BCUT2D eigenvalue weighted by Crippen LogP contribution is -2.34. The average Bonchev–Trinajstić information content (AvgIpc) is 3.34. The van der Waals surface area contributed by atoms with Crippen LogP contribution in [-0.4, -0.2) is 25.8 Å². The van der Waals surface area contributed by atoms with E-state index >= 15 is 0 Å². The smallest absolute Gasteiger partial charge is 0.315 e. The monoisotopic (exact) mass is 360 g/mol. The minimum atomic E-state index is -0.199. The Morgan fingerprint density at radius 3 is 2.70 bits per heavy atom. The van der Waals surface area contributed by atoms with Crippen molar-refractivity contribution in [2.45, 2.75) is 19.6 Å². The lowest BCUT2D eigenvalue weighted by Gasteiger charge is -2.08. The number of rotatable bonds is 6. The molecule has 4 rings (SSSR count). The van der Waals surface area contributed by atoms with E-state index in [-0.39, 0.29) is 6.03 Å². The van der Waals surface area contributed by atoms with Gasteiger partial charge in [0.1, 0.15) is 12.7 Å². The maximum Gasteiger partial charge on any atom is 0.315 e. The zero-order valence-electron chi connectivity index (χ0n) is 14.7. The summed E-state index contributed by atoms with van der Waals surface area (Å²) < 4.78 is 1.76. The second kappa shape index (κ2) is 7.74. The van der Waals surface area contributed by atoms with Crippen LogP contribution in [0.15, 0.2) is 67.3 Å². The Labute approximate surface area is 156 Å². The number of aromatic amines is 1. The Hall–Kier alpha value is -3.61. The second-order valence-electron chi connectivity index (χ2n) is 6.33. The van der Waals surface area contributed by atoms with Gasteiger partial charge in [-0.15, -0.1) is 0 Å². The van der Waals surface area contributed by atoms with Crippen molar-refractivity contribution < 1.29 is 4.79 Å². The SMILES string of the molecule is O=C(NCc1cccc(Cn2cncn2)c1)NCc1cc2ccccc2[nH]1. The molecule has 2 aromatic carbocycles. The highest BCUT2D eigenvalue weighted by molar-refractivity contribution is 5.80. The zero-order chi connectivity index (χ0) is 18.5. The minimum absolute atomic E-state index is 0.199. The fourth-order valence-electron chi connectivity index (χ4n) is 2.99. The lowest BCUT2D eigenvalue weighted by molar-refractivity contribution is 0.240. The summed E-state index contributed by atoms with van der Waals surface area (Å²) in [4.78, 5) is 19.3. The number of carbonyl (C=O) groups excluding carboxylic acids is 1. The predicted molar refractivity (Wildman–Crippen MR) is 103 cm³/mol.